The second kappa shape index (κ2) is 9.49. The van der Waals surface area contributed by atoms with Crippen molar-refractivity contribution in [3.63, 3.8) is 0 Å². The molecular formula is C43H40BNS. The Hall–Kier alpha value is -4.08. The molecule has 0 fully saturated rings. The molecular weight excluding hydrogens is 573 g/mol. The molecule has 0 amide bonds. The van der Waals surface area contributed by atoms with Crippen molar-refractivity contribution in [3.05, 3.63) is 119 Å². The maximum atomic E-state index is 2.65. The fourth-order valence-corrected chi connectivity index (χ4v) is 10.3. The summed E-state index contributed by atoms with van der Waals surface area (Å²) >= 11 is 2.02. The second-order valence-corrected chi connectivity index (χ2v) is 16.5. The van der Waals surface area contributed by atoms with Gasteiger partial charge in [-0.3, -0.25) is 0 Å². The van der Waals surface area contributed by atoms with Crippen molar-refractivity contribution in [2.24, 2.45) is 0 Å². The monoisotopic (exact) mass is 613 g/mol. The van der Waals surface area contributed by atoms with Gasteiger partial charge in [0.2, 0.25) is 0 Å². The van der Waals surface area contributed by atoms with E-state index < -0.39 is 0 Å². The second-order valence-electron chi connectivity index (χ2n) is 15.4. The topological polar surface area (TPSA) is 3.24 Å². The standard InChI is InChI=1S/C43H40BNS/c1-25-16-17-35(27(3)20-25)45-36-24-33-32(42(4,5)18-19-43(33,6)7)23-34(36)44-39-31(21-26(2)22-37(39)45)29-14-11-15-30-38(29)41(44)46-40(30)28-12-9-8-10-13-28/h8-17,20-24H,18-19H2,1-7H3. The lowest BCUT2D eigenvalue weighted by molar-refractivity contribution is 0.332. The van der Waals surface area contributed by atoms with E-state index in [-0.39, 0.29) is 17.5 Å². The van der Waals surface area contributed by atoms with Crippen molar-refractivity contribution in [2.75, 3.05) is 4.90 Å². The van der Waals surface area contributed by atoms with Crippen LogP contribution in [0.2, 0.25) is 0 Å². The maximum Gasteiger partial charge on any atom is 0.260 e. The highest BCUT2D eigenvalue weighted by Crippen LogP contribution is 2.51. The fraction of sp³-hybridized carbons (Fsp3) is 0.256. The molecule has 1 aliphatic carbocycles. The molecule has 3 aliphatic rings. The van der Waals surface area contributed by atoms with Crippen LogP contribution in [0.1, 0.15) is 68.4 Å². The Morgan fingerprint density at radius 3 is 2.13 bits per heavy atom. The van der Waals surface area contributed by atoms with E-state index in [1.807, 2.05) is 11.3 Å². The molecule has 0 N–H and O–H groups in total. The highest BCUT2D eigenvalue weighted by Gasteiger charge is 2.46. The van der Waals surface area contributed by atoms with Crippen molar-refractivity contribution in [3.8, 4) is 21.6 Å². The Balaban J connectivity index is 1.44. The summed E-state index contributed by atoms with van der Waals surface area (Å²) in [6.45, 7) is 16.8. The molecule has 0 radical (unpaired) electrons. The molecule has 5 aromatic carbocycles. The first kappa shape index (κ1) is 28.2. The van der Waals surface area contributed by atoms with Crippen molar-refractivity contribution in [1.82, 2.24) is 0 Å². The summed E-state index contributed by atoms with van der Waals surface area (Å²) < 4.78 is 1.50. The SMILES string of the molecule is Cc1ccc(N2c3cc4c(cc3B3c5c(cc(C)cc52)-c2cccc5c(-c6ccccc6)sc3c25)C(C)(C)CCC4(C)C)c(C)c1. The van der Waals surface area contributed by atoms with Gasteiger partial charge in [0.1, 0.15) is 0 Å². The Bertz CT molecular complexity index is 2250. The Morgan fingerprint density at radius 2 is 1.39 bits per heavy atom. The van der Waals surface area contributed by atoms with Crippen LogP contribution in [-0.2, 0) is 10.8 Å². The van der Waals surface area contributed by atoms with E-state index in [4.69, 9.17) is 0 Å². The van der Waals surface area contributed by atoms with Gasteiger partial charge in [0.15, 0.2) is 0 Å². The summed E-state index contributed by atoms with van der Waals surface area (Å²) in [5, 5.41) is 2.83. The van der Waals surface area contributed by atoms with E-state index in [1.165, 1.54) is 106 Å². The van der Waals surface area contributed by atoms with E-state index in [9.17, 15) is 0 Å². The van der Waals surface area contributed by atoms with Crippen molar-refractivity contribution >= 4 is 61.6 Å². The van der Waals surface area contributed by atoms with Gasteiger partial charge in [0, 0.05) is 27.3 Å². The number of fused-ring (bicyclic) bond motifs is 5. The summed E-state index contributed by atoms with van der Waals surface area (Å²) in [5.74, 6) is 0. The first-order chi connectivity index (χ1) is 22.0. The van der Waals surface area contributed by atoms with Crippen LogP contribution < -0.4 is 20.6 Å². The van der Waals surface area contributed by atoms with Crippen LogP contribution in [0.4, 0.5) is 17.1 Å². The Labute approximate surface area is 278 Å². The summed E-state index contributed by atoms with van der Waals surface area (Å²) in [6.07, 6.45) is 2.42. The highest BCUT2D eigenvalue weighted by atomic mass is 32.1. The van der Waals surface area contributed by atoms with Crippen LogP contribution in [-0.4, -0.2) is 6.71 Å². The first-order valence-electron chi connectivity index (χ1n) is 16.9. The fourth-order valence-electron chi connectivity index (χ4n) is 8.86. The van der Waals surface area contributed by atoms with E-state index in [2.05, 4.69) is 144 Å². The number of anilines is 3. The average Bonchev–Trinajstić information content (AvgIpc) is 3.42. The lowest BCUT2D eigenvalue weighted by atomic mass is 9.34. The third-order valence-electron chi connectivity index (χ3n) is 11.3. The molecule has 0 spiro atoms. The molecule has 2 aliphatic heterocycles. The van der Waals surface area contributed by atoms with Gasteiger partial charge in [-0.05, 0) is 123 Å². The van der Waals surface area contributed by atoms with Gasteiger partial charge < -0.3 is 4.90 Å². The molecule has 0 saturated heterocycles. The lowest BCUT2D eigenvalue weighted by Crippen LogP contribution is -2.59. The predicted octanol–water partition coefficient (Wildman–Crippen LogP) is 10.1. The molecule has 0 saturated carbocycles. The predicted molar refractivity (Wildman–Crippen MR) is 202 cm³/mol. The average molecular weight is 614 g/mol. The largest absolute Gasteiger partial charge is 0.311 e. The molecule has 0 atom stereocenters. The van der Waals surface area contributed by atoms with Gasteiger partial charge in [0.25, 0.3) is 6.71 Å². The van der Waals surface area contributed by atoms with E-state index in [0.717, 1.165) is 0 Å². The number of nitrogens with zero attached hydrogens (tertiary/aromatic N) is 1. The summed E-state index contributed by atoms with van der Waals surface area (Å²) in [6, 6.07) is 35.2. The van der Waals surface area contributed by atoms with Crippen molar-refractivity contribution < 1.29 is 0 Å². The molecule has 46 heavy (non-hydrogen) atoms. The Kier molecular flexibility index (Phi) is 5.81. The molecule has 3 heterocycles. The van der Waals surface area contributed by atoms with Crippen LogP contribution in [0.5, 0.6) is 0 Å². The number of thiophene rings is 1. The van der Waals surface area contributed by atoms with Crippen molar-refractivity contribution in [2.45, 2.75) is 72.1 Å². The van der Waals surface area contributed by atoms with E-state index >= 15 is 0 Å². The zero-order chi connectivity index (χ0) is 31.7. The molecule has 0 unspecified atom stereocenters. The molecule has 226 valence electrons. The van der Waals surface area contributed by atoms with Crippen LogP contribution in [0, 0.1) is 20.8 Å². The zero-order valence-electron chi connectivity index (χ0n) is 28.0. The summed E-state index contributed by atoms with van der Waals surface area (Å²) in [7, 11) is 0. The van der Waals surface area contributed by atoms with Gasteiger partial charge in [-0.15, -0.1) is 11.3 Å². The van der Waals surface area contributed by atoms with Crippen LogP contribution in [0.3, 0.4) is 0 Å². The quantitative estimate of drug-likeness (QED) is 0.175. The third kappa shape index (κ3) is 3.81. The normalized spacial score (nSPS) is 16.7. The number of benzene rings is 5. The van der Waals surface area contributed by atoms with Gasteiger partial charge in [-0.2, -0.15) is 0 Å². The third-order valence-corrected chi connectivity index (χ3v) is 12.7. The maximum absolute atomic E-state index is 2.65. The minimum absolute atomic E-state index is 0.127. The molecule has 0 bridgehead atoms. The van der Waals surface area contributed by atoms with Crippen molar-refractivity contribution in [1.29, 1.82) is 0 Å². The van der Waals surface area contributed by atoms with E-state index in [0.29, 0.717) is 0 Å². The molecule has 1 aromatic heterocycles. The molecule has 9 rings (SSSR count). The van der Waals surface area contributed by atoms with Gasteiger partial charge in [-0.25, -0.2) is 0 Å². The molecule has 3 heteroatoms. The van der Waals surface area contributed by atoms with Gasteiger partial charge in [0.05, 0.1) is 0 Å². The van der Waals surface area contributed by atoms with Crippen LogP contribution >= 0.6 is 11.3 Å². The van der Waals surface area contributed by atoms with Crippen LogP contribution in [0.15, 0.2) is 91.0 Å². The smallest absolute Gasteiger partial charge is 0.260 e. The van der Waals surface area contributed by atoms with Gasteiger partial charge >= 0.3 is 0 Å². The minimum atomic E-state index is 0.127. The zero-order valence-corrected chi connectivity index (χ0v) is 28.8. The minimum Gasteiger partial charge on any atom is -0.311 e. The van der Waals surface area contributed by atoms with Crippen LogP contribution in [0.25, 0.3) is 32.3 Å². The summed E-state index contributed by atoms with van der Waals surface area (Å²) in [5.41, 5.74) is 18.2. The first-order valence-corrected chi connectivity index (χ1v) is 17.7. The number of aryl methyl sites for hydroxylation is 3. The van der Waals surface area contributed by atoms with E-state index in [1.54, 1.807) is 0 Å². The Morgan fingerprint density at radius 1 is 0.652 bits per heavy atom. The molecule has 6 aromatic rings. The van der Waals surface area contributed by atoms with Gasteiger partial charge in [-0.1, -0.05) is 106 Å². The highest BCUT2D eigenvalue weighted by molar-refractivity contribution is 7.32. The summed E-state index contributed by atoms with van der Waals surface area (Å²) in [4.78, 5) is 4.01. The number of hydrogen-bond donors (Lipinski definition) is 0. The number of hydrogen-bond acceptors (Lipinski definition) is 2. The number of rotatable bonds is 2. The molecule has 1 nitrogen and oxygen atoms in total. The lowest BCUT2D eigenvalue weighted by Gasteiger charge is -2.46.